The van der Waals surface area contributed by atoms with Crippen molar-refractivity contribution in [3.8, 4) is 5.75 Å². The van der Waals surface area contributed by atoms with E-state index in [2.05, 4.69) is 15.5 Å². The standard InChI is InChI=1S/C10H8N4O4S/c15-8-3-7(14(17)18)2-1-6(8)4-11-13-10-12-9(16)5-19-10/h1-4,15H,5H2,(H,12,13,16)/b11-4-. The number of non-ortho nitro benzene ring substituents is 1. The van der Waals surface area contributed by atoms with E-state index in [9.17, 15) is 20.0 Å². The molecule has 0 aliphatic carbocycles. The maximum absolute atomic E-state index is 10.9. The monoisotopic (exact) mass is 280 g/mol. The van der Waals surface area contributed by atoms with Gasteiger partial charge in [-0.1, -0.05) is 11.8 Å². The van der Waals surface area contributed by atoms with Crippen molar-refractivity contribution in [2.75, 3.05) is 5.75 Å². The van der Waals surface area contributed by atoms with Crippen LogP contribution in [-0.2, 0) is 4.79 Å². The van der Waals surface area contributed by atoms with Crippen molar-refractivity contribution in [1.82, 2.24) is 5.32 Å². The molecule has 0 spiro atoms. The van der Waals surface area contributed by atoms with Gasteiger partial charge >= 0.3 is 0 Å². The fraction of sp³-hybridized carbons (Fsp3) is 0.100. The SMILES string of the molecule is O=C1CS/C(=N\N=C/c2ccc([N+](=O)[O-])cc2O)N1. The number of benzene rings is 1. The molecule has 1 aromatic carbocycles. The average molecular weight is 280 g/mol. The van der Waals surface area contributed by atoms with Crippen LogP contribution in [0, 0.1) is 10.1 Å². The summed E-state index contributed by atoms with van der Waals surface area (Å²) in [6.45, 7) is 0. The summed E-state index contributed by atoms with van der Waals surface area (Å²) in [5, 5.41) is 30.3. The Bertz CT molecular complexity index is 599. The van der Waals surface area contributed by atoms with Crippen molar-refractivity contribution < 1.29 is 14.8 Å². The number of phenols is 1. The summed E-state index contributed by atoms with van der Waals surface area (Å²) in [7, 11) is 0. The summed E-state index contributed by atoms with van der Waals surface area (Å²) in [4.78, 5) is 20.7. The zero-order chi connectivity index (χ0) is 13.8. The number of aromatic hydroxyl groups is 1. The molecule has 1 aliphatic heterocycles. The van der Waals surface area contributed by atoms with Crippen LogP contribution >= 0.6 is 11.8 Å². The van der Waals surface area contributed by atoms with Crippen LogP contribution in [0.1, 0.15) is 5.56 Å². The van der Waals surface area contributed by atoms with Crippen LogP contribution in [0.4, 0.5) is 5.69 Å². The molecule has 19 heavy (non-hydrogen) atoms. The molecule has 0 unspecified atom stereocenters. The van der Waals surface area contributed by atoms with Crippen LogP contribution in [0.3, 0.4) is 0 Å². The largest absolute Gasteiger partial charge is 0.507 e. The first-order chi connectivity index (χ1) is 9.06. The Balaban J connectivity index is 2.11. The van der Waals surface area contributed by atoms with E-state index < -0.39 is 4.92 Å². The van der Waals surface area contributed by atoms with Crippen LogP contribution in [0.25, 0.3) is 0 Å². The van der Waals surface area contributed by atoms with E-state index in [1.165, 1.54) is 30.1 Å². The molecule has 0 radical (unpaired) electrons. The van der Waals surface area contributed by atoms with E-state index in [0.29, 0.717) is 16.5 Å². The lowest BCUT2D eigenvalue weighted by Crippen LogP contribution is -2.19. The molecule has 1 aromatic rings. The Hall–Kier alpha value is -2.42. The highest BCUT2D eigenvalue weighted by atomic mass is 32.2. The normalized spacial score (nSPS) is 17.1. The summed E-state index contributed by atoms with van der Waals surface area (Å²) in [5.41, 5.74) is 0.0869. The van der Waals surface area contributed by atoms with Gasteiger partial charge in [0, 0.05) is 11.6 Å². The molecule has 9 heteroatoms. The minimum absolute atomic E-state index is 0.142. The maximum Gasteiger partial charge on any atom is 0.273 e. The predicted octanol–water partition coefficient (Wildman–Crippen LogP) is 0.853. The third-order valence-corrected chi connectivity index (χ3v) is 3.02. The van der Waals surface area contributed by atoms with E-state index in [1.807, 2.05) is 0 Å². The zero-order valence-electron chi connectivity index (χ0n) is 9.44. The van der Waals surface area contributed by atoms with Crippen LogP contribution in [0.15, 0.2) is 28.4 Å². The van der Waals surface area contributed by atoms with Crippen molar-refractivity contribution in [3.05, 3.63) is 33.9 Å². The zero-order valence-corrected chi connectivity index (χ0v) is 10.3. The molecule has 2 N–H and O–H groups in total. The van der Waals surface area contributed by atoms with Gasteiger partial charge in [-0.05, 0) is 6.07 Å². The first kappa shape index (κ1) is 13.0. The summed E-state index contributed by atoms with van der Waals surface area (Å²) < 4.78 is 0. The Kier molecular flexibility index (Phi) is 3.76. The van der Waals surface area contributed by atoms with Gasteiger partial charge in [0.2, 0.25) is 5.91 Å². The summed E-state index contributed by atoms with van der Waals surface area (Å²) in [6, 6.07) is 3.64. The Morgan fingerprint density at radius 1 is 1.53 bits per heavy atom. The number of carbonyl (C=O) groups is 1. The second kappa shape index (κ2) is 5.48. The molecule has 98 valence electrons. The molecule has 0 bridgehead atoms. The molecule has 1 amide bonds. The minimum Gasteiger partial charge on any atom is -0.507 e. The maximum atomic E-state index is 10.9. The molecule has 0 atom stereocenters. The van der Waals surface area contributed by atoms with Gasteiger partial charge in [0.15, 0.2) is 5.17 Å². The van der Waals surface area contributed by atoms with Gasteiger partial charge in [-0.25, -0.2) is 0 Å². The van der Waals surface area contributed by atoms with Crippen LogP contribution in [0.2, 0.25) is 0 Å². The third-order valence-electron chi connectivity index (χ3n) is 2.16. The summed E-state index contributed by atoms with van der Waals surface area (Å²) >= 11 is 1.22. The average Bonchev–Trinajstić information content (AvgIpc) is 2.77. The lowest BCUT2D eigenvalue weighted by Gasteiger charge is -1.97. The molecule has 0 saturated carbocycles. The number of carbonyl (C=O) groups excluding carboxylic acids is 1. The van der Waals surface area contributed by atoms with E-state index in [1.54, 1.807) is 0 Å². The van der Waals surface area contributed by atoms with E-state index in [-0.39, 0.29) is 17.3 Å². The highest BCUT2D eigenvalue weighted by Crippen LogP contribution is 2.22. The van der Waals surface area contributed by atoms with Crippen molar-refractivity contribution in [2.24, 2.45) is 10.2 Å². The van der Waals surface area contributed by atoms with Gasteiger partial charge in [0.05, 0.1) is 23.0 Å². The number of nitrogens with one attached hydrogen (secondary N) is 1. The van der Waals surface area contributed by atoms with Gasteiger partial charge in [0.1, 0.15) is 5.75 Å². The second-order valence-electron chi connectivity index (χ2n) is 3.49. The van der Waals surface area contributed by atoms with E-state index >= 15 is 0 Å². The van der Waals surface area contributed by atoms with Gasteiger partial charge in [0.25, 0.3) is 5.69 Å². The minimum atomic E-state index is -0.606. The second-order valence-corrected chi connectivity index (χ2v) is 4.45. The number of hydrogen-bond acceptors (Lipinski definition) is 7. The van der Waals surface area contributed by atoms with E-state index in [4.69, 9.17) is 0 Å². The van der Waals surface area contributed by atoms with Gasteiger partial charge in [-0.2, -0.15) is 5.10 Å². The molecule has 8 nitrogen and oxygen atoms in total. The van der Waals surface area contributed by atoms with Gasteiger partial charge in [-0.15, -0.1) is 5.10 Å². The highest BCUT2D eigenvalue weighted by Gasteiger charge is 2.16. The molecular weight excluding hydrogens is 272 g/mol. The lowest BCUT2D eigenvalue weighted by molar-refractivity contribution is -0.384. The van der Waals surface area contributed by atoms with Crippen molar-refractivity contribution in [2.45, 2.75) is 0 Å². The van der Waals surface area contributed by atoms with Gasteiger partial charge in [-0.3, -0.25) is 14.9 Å². The number of nitro groups is 1. The first-order valence-electron chi connectivity index (χ1n) is 5.07. The van der Waals surface area contributed by atoms with Crippen molar-refractivity contribution >= 4 is 34.7 Å². The number of thioether (sulfide) groups is 1. The molecule has 0 aromatic heterocycles. The number of nitrogens with zero attached hydrogens (tertiary/aromatic N) is 3. The number of phenolic OH excluding ortho intramolecular Hbond substituents is 1. The van der Waals surface area contributed by atoms with Crippen molar-refractivity contribution in [3.63, 3.8) is 0 Å². The molecular formula is C10H8N4O4S. The Morgan fingerprint density at radius 2 is 2.32 bits per heavy atom. The quantitative estimate of drug-likeness (QED) is 0.483. The fourth-order valence-electron chi connectivity index (χ4n) is 1.28. The number of amides is 1. The highest BCUT2D eigenvalue weighted by molar-refractivity contribution is 8.15. The summed E-state index contributed by atoms with van der Waals surface area (Å²) in [6.07, 6.45) is 1.25. The summed E-state index contributed by atoms with van der Waals surface area (Å²) in [5.74, 6) is -0.102. The van der Waals surface area contributed by atoms with E-state index in [0.717, 1.165) is 6.07 Å². The smallest absolute Gasteiger partial charge is 0.273 e. The van der Waals surface area contributed by atoms with Crippen molar-refractivity contribution in [1.29, 1.82) is 0 Å². The first-order valence-corrected chi connectivity index (χ1v) is 6.06. The molecule has 1 aliphatic rings. The number of amidine groups is 1. The number of nitro benzene ring substituents is 1. The van der Waals surface area contributed by atoms with Crippen LogP contribution < -0.4 is 5.32 Å². The van der Waals surface area contributed by atoms with Crippen LogP contribution in [-0.4, -0.2) is 33.1 Å². The Morgan fingerprint density at radius 3 is 2.89 bits per heavy atom. The van der Waals surface area contributed by atoms with Crippen LogP contribution in [0.5, 0.6) is 5.75 Å². The fourth-order valence-corrected chi connectivity index (χ4v) is 1.91. The number of hydrogen-bond donors (Lipinski definition) is 2. The molecule has 2 rings (SSSR count). The predicted molar refractivity (Wildman–Crippen MR) is 70.4 cm³/mol. The topological polar surface area (TPSA) is 117 Å². The Labute approximate surface area is 111 Å². The number of rotatable bonds is 3. The lowest BCUT2D eigenvalue weighted by atomic mass is 10.2. The van der Waals surface area contributed by atoms with Gasteiger partial charge < -0.3 is 10.4 Å². The molecule has 1 fully saturated rings. The third kappa shape index (κ3) is 3.28. The molecule has 1 heterocycles. The molecule has 1 saturated heterocycles.